The van der Waals surface area contributed by atoms with Gasteiger partial charge in [0.1, 0.15) is 16.5 Å². The van der Waals surface area contributed by atoms with Crippen molar-refractivity contribution in [3.8, 4) is 0 Å². The van der Waals surface area contributed by atoms with Gasteiger partial charge in [0.15, 0.2) is 4.67 Å². The minimum Gasteiger partial charge on any atom is -0.451 e. The summed E-state index contributed by atoms with van der Waals surface area (Å²) in [5.74, 6) is -0.258. The Bertz CT molecular complexity index is 764. The minimum absolute atomic E-state index is 0.0666. The molecule has 0 atom stereocenters. The van der Waals surface area contributed by atoms with E-state index in [4.69, 9.17) is 16.0 Å². The van der Waals surface area contributed by atoms with Gasteiger partial charge >= 0.3 is 0 Å². The number of furan rings is 1. The summed E-state index contributed by atoms with van der Waals surface area (Å²) in [5.41, 5.74) is 0.0696. The maximum absolute atomic E-state index is 13.3. The third-order valence-electron chi connectivity index (χ3n) is 2.52. The van der Waals surface area contributed by atoms with Crippen LogP contribution in [-0.2, 0) is 16.6 Å². The molecule has 2 rings (SSSR count). The lowest BCUT2D eigenvalue weighted by Crippen LogP contribution is -2.13. The molecule has 1 aromatic heterocycles. The average molecular weight is 398 g/mol. The summed E-state index contributed by atoms with van der Waals surface area (Å²) in [4.78, 5) is -0.0666. The summed E-state index contributed by atoms with van der Waals surface area (Å²) < 4.78 is 45.5. The van der Waals surface area contributed by atoms with Gasteiger partial charge in [0.25, 0.3) is 10.0 Å². The fourth-order valence-electron chi connectivity index (χ4n) is 1.61. The first-order valence-corrected chi connectivity index (χ1v) is 8.39. The van der Waals surface area contributed by atoms with Gasteiger partial charge in [-0.2, -0.15) is 0 Å². The Balaban J connectivity index is 2.31. The number of anilines is 1. The molecule has 0 amide bonds. The molecule has 0 radical (unpaired) electrons. The molecule has 0 aliphatic carbocycles. The van der Waals surface area contributed by atoms with Crippen LogP contribution in [0.4, 0.5) is 10.1 Å². The van der Waals surface area contributed by atoms with Gasteiger partial charge in [0.05, 0.1) is 17.3 Å². The second kappa shape index (κ2) is 6.35. The second-order valence-corrected chi connectivity index (χ2v) is 6.89. The number of nitrogens with one attached hydrogen (secondary N) is 2. The lowest BCUT2D eigenvalue weighted by Gasteiger charge is -2.07. The fraction of sp³-hybridized carbons (Fsp3) is 0.167. The largest absolute Gasteiger partial charge is 0.451 e. The van der Waals surface area contributed by atoms with Crippen LogP contribution < -0.4 is 10.0 Å². The Kier molecular flexibility index (Phi) is 4.92. The molecule has 21 heavy (non-hydrogen) atoms. The van der Waals surface area contributed by atoms with Crippen LogP contribution in [0.5, 0.6) is 0 Å². The third kappa shape index (κ3) is 3.76. The van der Waals surface area contributed by atoms with Gasteiger partial charge in [-0.25, -0.2) is 12.8 Å². The highest BCUT2D eigenvalue weighted by molar-refractivity contribution is 9.10. The monoisotopic (exact) mass is 396 g/mol. The summed E-state index contributed by atoms with van der Waals surface area (Å²) in [5, 5.41) is 2.76. The molecule has 0 fully saturated rings. The van der Waals surface area contributed by atoms with Crippen LogP contribution >= 0.6 is 27.5 Å². The highest BCUT2D eigenvalue weighted by Gasteiger charge is 2.22. The van der Waals surface area contributed by atoms with Crippen molar-refractivity contribution in [3.63, 3.8) is 0 Å². The van der Waals surface area contributed by atoms with E-state index in [0.29, 0.717) is 12.3 Å². The van der Waals surface area contributed by atoms with Gasteiger partial charge in [-0.15, -0.1) is 0 Å². The van der Waals surface area contributed by atoms with Gasteiger partial charge in [0.2, 0.25) is 0 Å². The predicted octanol–water partition coefficient (Wildman–Crippen LogP) is 3.35. The van der Waals surface area contributed by atoms with Crippen molar-refractivity contribution in [1.82, 2.24) is 5.32 Å². The molecule has 9 heteroatoms. The Morgan fingerprint density at radius 2 is 2.10 bits per heavy atom. The molecule has 5 nitrogen and oxygen atoms in total. The van der Waals surface area contributed by atoms with Crippen LogP contribution in [-0.4, -0.2) is 15.5 Å². The van der Waals surface area contributed by atoms with E-state index in [-0.39, 0.29) is 20.3 Å². The van der Waals surface area contributed by atoms with Gasteiger partial charge < -0.3 is 9.73 Å². The highest BCUT2D eigenvalue weighted by Crippen LogP contribution is 2.28. The van der Waals surface area contributed by atoms with Crippen LogP contribution in [0.15, 0.2) is 38.2 Å². The summed E-state index contributed by atoms with van der Waals surface area (Å²) >= 11 is 8.60. The molecule has 0 unspecified atom stereocenters. The molecule has 0 spiro atoms. The molecular weight excluding hydrogens is 387 g/mol. The molecule has 114 valence electrons. The molecule has 1 aromatic carbocycles. The number of hydrogen-bond donors (Lipinski definition) is 2. The lowest BCUT2D eigenvalue weighted by molar-refractivity contribution is 0.470. The van der Waals surface area contributed by atoms with Gasteiger partial charge in [-0.1, -0.05) is 11.6 Å². The van der Waals surface area contributed by atoms with Crippen LogP contribution in [0, 0.1) is 5.82 Å². The van der Waals surface area contributed by atoms with E-state index in [1.165, 1.54) is 18.2 Å². The van der Waals surface area contributed by atoms with Gasteiger partial charge in [-0.3, -0.25) is 4.72 Å². The van der Waals surface area contributed by atoms with E-state index in [1.807, 2.05) is 0 Å². The van der Waals surface area contributed by atoms with Crippen LogP contribution in [0.1, 0.15) is 5.76 Å². The Morgan fingerprint density at radius 3 is 2.71 bits per heavy atom. The summed E-state index contributed by atoms with van der Waals surface area (Å²) in [6.07, 6.45) is 0. The van der Waals surface area contributed by atoms with Crippen molar-refractivity contribution in [2.45, 2.75) is 11.4 Å². The van der Waals surface area contributed by atoms with Crippen molar-refractivity contribution in [1.29, 1.82) is 0 Å². The third-order valence-corrected chi connectivity index (χ3v) is 5.06. The second-order valence-electron chi connectivity index (χ2n) is 4.12. The van der Waals surface area contributed by atoms with Crippen LogP contribution in [0.25, 0.3) is 0 Å². The normalized spacial score (nSPS) is 11.6. The standard InChI is InChI=1S/C12H11BrClFN2O3S/c1-16-6-8-5-11(12(13)20-8)21(18,19)17-7-2-3-9(14)10(15)4-7/h2-5,16-17H,6H2,1H3. The van der Waals surface area contributed by atoms with E-state index < -0.39 is 15.8 Å². The maximum Gasteiger partial charge on any atom is 0.266 e. The van der Waals surface area contributed by atoms with E-state index in [2.05, 4.69) is 26.0 Å². The van der Waals surface area contributed by atoms with Crippen molar-refractivity contribution in [3.05, 3.63) is 45.5 Å². The van der Waals surface area contributed by atoms with Crippen molar-refractivity contribution in [2.24, 2.45) is 0 Å². The zero-order valence-corrected chi connectivity index (χ0v) is 13.9. The zero-order chi connectivity index (χ0) is 15.6. The first-order chi connectivity index (χ1) is 9.83. The number of sulfonamides is 1. The van der Waals surface area contributed by atoms with Gasteiger partial charge in [-0.05, 0) is 41.2 Å². The molecule has 0 bridgehead atoms. The number of hydrogen-bond acceptors (Lipinski definition) is 4. The minimum atomic E-state index is -3.90. The Morgan fingerprint density at radius 1 is 1.38 bits per heavy atom. The number of halogens is 3. The molecule has 0 aliphatic rings. The molecule has 1 heterocycles. The first kappa shape index (κ1) is 16.3. The molecular formula is C12H11BrClFN2O3S. The summed E-state index contributed by atoms with van der Waals surface area (Å²) in [7, 11) is -2.19. The maximum atomic E-state index is 13.3. The van der Waals surface area contributed by atoms with E-state index in [0.717, 1.165) is 6.07 Å². The molecule has 2 aromatic rings. The first-order valence-electron chi connectivity index (χ1n) is 5.74. The molecule has 0 saturated heterocycles. The van der Waals surface area contributed by atoms with E-state index in [9.17, 15) is 12.8 Å². The Hall–Kier alpha value is -1.09. The average Bonchev–Trinajstić information content (AvgIpc) is 2.76. The number of benzene rings is 1. The lowest BCUT2D eigenvalue weighted by atomic mass is 10.3. The topological polar surface area (TPSA) is 71.3 Å². The fourth-order valence-corrected chi connectivity index (χ4v) is 3.78. The molecule has 0 saturated carbocycles. The SMILES string of the molecule is CNCc1cc(S(=O)(=O)Nc2ccc(Cl)c(F)c2)c(Br)o1. The quantitative estimate of drug-likeness (QED) is 0.811. The smallest absolute Gasteiger partial charge is 0.266 e. The van der Waals surface area contributed by atoms with Crippen LogP contribution in [0.3, 0.4) is 0 Å². The predicted molar refractivity (Wildman–Crippen MR) is 81.4 cm³/mol. The summed E-state index contributed by atoms with van der Waals surface area (Å²) in [6, 6.07) is 5.02. The number of rotatable bonds is 5. The van der Waals surface area contributed by atoms with E-state index in [1.54, 1.807) is 7.05 Å². The van der Waals surface area contributed by atoms with E-state index >= 15 is 0 Å². The zero-order valence-electron chi connectivity index (χ0n) is 10.8. The van der Waals surface area contributed by atoms with Crippen molar-refractivity contribution in [2.75, 3.05) is 11.8 Å². The van der Waals surface area contributed by atoms with Crippen molar-refractivity contribution >= 4 is 43.2 Å². The van der Waals surface area contributed by atoms with Crippen molar-refractivity contribution < 1.29 is 17.2 Å². The van der Waals surface area contributed by atoms with Crippen LogP contribution in [0.2, 0.25) is 5.02 Å². The molecule has 0 aliphatic heterocycles. The summed E-state index contributed by atoms with van der Waals surface area (Å²) in [6.45, 7) is 0.379. The van der Waals surface area contributed by atoms with Gasteiger partial charge in [0, 0.05) is 6.07 Å². The highest BCUT2D eigenvalue weighted by atomic mass is 79.9. The molecule has 2 N–H and O–H groups in total. The Labute approximate surface area is 134 Å².